The van der Waals surface area contributed by atoms with Crippen molar-refractivity contribution >= 4 is 22.7 Å². The Bertz CT molecular complexity index is 295. The maximum absolute atomic E-state index is 4.18. The lowest BCUT2D eigenvalue weighted by atomic mass is 10.1. The van der Waals surface area contributed by atoms with Gasteiger partial charge in [0.25, 0.3) is 0 Å². The van der Waals surface area contributed by atoms with Crippen molar-refractivity contribution in [2.24, 2.45) is 4.99 Å². The smallest absolute Gasteiger partial charge is 0.205 e. The van der Waals surface area contributed by atoms with Crippen LogP contribution in [0.2, 0.25) is 0 Å². The van der Waals surface area contributed by atoms with Gasteiger partial charge in [0.15, 0.2) is 0 Å². The first-order valence-electron chi connectivity index (χ1n) is 4.77. The van der Waals surface area contributed by atoms with Gasteiger partial charge in [0.05, 0.1) is 0 Å². The van der Waals surface area contributed by atoms with Crippen molar-refractivity contribution in [2.45, 2.75) is 26.2 Å². The molecule has 1 N–H and O–H groups in total. The van der Waals surface area contributed by atoms with Crippen molar-refractivity contribution in [1.82, 2.24) is 10.2 Å². The predicted molar refractivity (Wildman–Crippen MR) is 61.5 cm³/mol. The van der Waals surface area contributed by atoms with Crippen LogP contribution in [0.25, 0.3) is 0 Å². The van der Waals surface area contributed by atoms with Gasteiger partial charge >= 0.3 is 0 Å². The zero-order valence-electron chi connectivity index (χ0n) is 8.82. The SMILES string of the molecule is CC/N=C\CC(C)c1nnc(NC)s1. The number of hydrogen-bond acceptors (Lipinski definition) is 5. The van der Waals surface area contributed by atoms with E-state index in [9.17, 15) is 0 Å². The van der Waals surface area contributed by atoms with E-state index in [-0.39, 0.29) is 0 Å². The first-order valence-corrected chi connectivity index (χ1v) is 5.59. The van der Waals surface area contributed by atoms with Crippen LogP contribution in [0, 0.1) is 0 Å². The van der Waals surface area contributed by atoms with Crippen LogP contribution in [0.5, 0.6) is 0 Å². The third kappa shape index (κ3) is 3.06. The fraction of sp³-hybridized carbons (Fsp3) is 0.667. The van der Waals surface area contributed by atoms with Gasteiger partial charge in [-0.25, -0.2) is 0 Å². The molecule has 1 aromatic rings. The number of hydrogen-bond donors (Lipinski definition) is 1. The molecule has 14 heavy (non-hydrogen) atoms. The molecule has 0 bridgehead atoms. The highest BCUT2D eigenvalue weighted by Gasteiger charge is 2.09. The van der Waals surface area contributed by atoms with E-state index >= 15 is 0 Å². The molecule has 5 heteroatoms. The Morgan fingerprint density at radius 3 is 2.93 bits per heavy atom. The molecule has 4 nitrogen and oxygen atoms in total. The minimum absolute atomic E-state index is 0.407. The third-order valence-corrected chi connectivity index (χ3v) is 3.02. The second-order valence-electron chi connectivity index (χ2n) is 3.01. The van der Waals surface area contributed by atoms with E-state index in [2.05, 4.69) is 27.4 Å². The minimum atomic E-state index is 0.407. The summed E-state index contributed by atoms with van der Waals surface area (Å²) in [5, 5.41) is 13.0. The molecule has 1 aromatic heterocycles. The Kier molecular flexibility index (Phi) is 4.52. The molecule has 0 amide bonds. The molecular weight excluding hydrogens is 196 g/mol. The molecule has 0 radical (unpaired) electrons. The number of nitrogens with zero attached hydrogens (tertiary/aromatic N) is 3. The Balaban J connectivity index is 2.51. The highest BCUT2D eigenvalue weighted by molar-refractivity contribution is 7.15. The number of anilines is 1. The third-order valence-electron chi connectivity index (χ3n) is 1.85. The molecule has 0 saturated carbocycles. The summed E-state index contributed by atoms with van der Waals surface area (Å²) in [6, 6.07) is 0. The summed E-state index contributed by atoms with van der Waals surface area (Å²) in [4.78, 5) is 4.18. The van der Waals surface area contributed by atoms with Gasteiger partial charge in [0, 0.05) is 19.5 Å². The fourth-order valence-electron chi connectivity index (χ4n) is 0.997. The van der Waals surface area contributed by atoms with E-state index in [1.807, 2.05) is 20.2 Å². The minimum Gasteiger partial charge on any atom is -0.363 e. The quantitative estimate of drug-likeness (QED) is 0.761. The zero-order valence-corrected chi connectivity index (χ0v) is 9.64. The van der Waals surface area contributed by atoms with Gasteiger partial charge < -0.3 is 5.32 Å². The van der Waals surface area contributed by atoms with Crippen LogP contribution in [-0.2, 0) is 0 Å². The summed E-state index contributed by atoms with van der Waals surface area (Å²) in [6.45, 7) is 5.03. The largest absolute Gasteiger partial charge is 0.363 e. The number of rotatable bonds is 5. The molecule has 1 rings (SSSR count). The number of aromatic nitrogens is 2. The summed E-state index contributed by atoms with van der Waals surface area (Å²) in [5.41, 5.74) is 0. The van der Waals surface area contributed by atoms with Crippen LogP contribution >= 0.6 is 11.3 Å². The standard InChI is InChI=1S/C9H16N4S/c1-4-11-6-5-7(2)8-12-13-9(10-3)14-8/h6-7H,4-5H2,1-3H3,(H,10,13)/b11-6-. The molecule has 1 heterocycles. The van der Waals surface area contributed by atoms with E-state index in [0.29, 0.717) is 5.92 Å². The second kappa shape index (κ2) is 5.70. The summed E-state index contributed by atoms with van der Waals surface area (Å²) >= 11 is 1.60. The first-order chi connectivity index (χ1) is 6.77. The highest BCUT2D eigenvalue weighted by atomic mass is 32.1. The van der Waals surface area contributed by atoms with E-state index < -0.39 is 0 Å². The second-order valence-corrected chi connectivity index (χ2v) is 4.02. The lowest BCUT2D eigenvalue weighted by molar-refractivity contribution is 0.781. The average Bonchev–Trinajstić information content (AvgIpc) is 2.66. The van der Waals surface area contributed by atoms with Gasteiger partial charge in [-0.15, -0.1) is 10.2 Å². The van der Waals surface area contributed by atoms with Crippen LogP contribution in [-0.4, -0.2) is 30.0 Å². The Hall–Kier alpha value is -0.970. The molecule has 0 aliphatic carbocycles. The normalized spacial score (nSPS) is 13.4. The average molecular weight is 212 g/mol. The first kappa shape index (κ1) is 11.1. The molecule has 0 aliphatic heterocycles. The topological polar surface area (TPSA) is 50.2 Å². The number of nitrogens with one attached hydrogen (secondary N) is 1. The molecule has 1 unspecified atom stereocenters. The Morgan fingerprint density at radius 2 is 2.36 bits per heavy atom. The van der Waals surface area contributed by atoms with Gasteiger partial charge in [0.2, 0.25) is 5.13 Å². The van der Waals surface area contributed by atoms with Crippen LogP contribution in [0.1, 0.15) is 31.2 Å². The van der Waals surface area contributed by atoms with Gasteiger partial charge in [-0.1, -0.05) is 18.3 Å². The van der Waals surface area contributed by atoms with Gasteiger partial charge in [-0.05, 0) is 19.6 Å². The highest BCUT2D eigenvalue weighted by Crippen LogP contribution is 2.24. The molecule has 78 valence electrons. The van der Waals surface area contributed by atoms with Crippen LogP contribution < -0.4 is 5.32 Å². The van der Waals surface area contributed by atoms with Crippen molar-refractivity contribution in [2.75, 3.05) is 18.9 Å². The van der Waals surface area contributed by atoms with Crippen molar-refractivity contribution in [1.29, 1.82) is 0 Å². The Morgan fingerprint density at radius 1 is 1.57 bits per heavy atom. The summed E-state index contributed by atoms with van der Waals surface area (Å²) < 4.78 is 0. The molecule has 0 aromatic carbocycles. The van der Waals surface area contributed by atoms with Gasteiger partial charge in [-0.3, -0.25) is 4.99 Å². The van der Waals surface area contributed by atoms with Crippen molar-refractivity contribution < 1.29 is 0 Å². The van der Waals surface area contributed by atoms with Crippen LogP contribution in [0.3, 0.4) is 0 Å². The van der Waals surface area contributed by atoms with E-state index in [1.54, 1.807) is 11.3 Å². The predicted octanol–water partition coefficient (Wildman–Crippen LogP) is 2.16. The molecule has 0 aliphatic rings. The summed E-state index contributed by atoms with van der Waals surface area (Å²) in [7, 11) is 1.85. The molecule has 1 atom stereocenters. The summed E-state index contributed by atoms with van der Waals surface area (Å²) in [6.07, 6.45) is 2.90. The molecular formula is C9H16N4S. The lowest BCUT2D eigenvalue weighted by Crippen LogP contribution is -1.93. The van der Waals surface area contributed by atoms with Crippen molar-refractivity contribution in [3.05, 3.63) is 5.01 Å². The monoisotopic (exact) mass is 212 g/mol. The van der Waals surface area contributed by atoms with Crippen LogP contribution in [0.4, 0.5) is 5.13 Å². The van der Waals surface area contributed by atoms with Gasteiger partial charge in [-0.2, -0.15) is 0 Å². The van der Waals surface area contributed by atoms with E-state index in [1.165, 1.54) is 0 Å². The van der Waals surface area contributed by atoms with Crippen molar-refractivity contribution in [3.63, 3.8) is 0 Å². The molecule has 0 fully saturated rings. The van der Waals surface area contributed by atoms with E-state index in [4.69, 9.17) is 0 Å². The molecule has 0 saturated heterocycles. The molecule has 0 spiro atoms. The van der Waals surface area contributed by atoms with Crippen LogP contribution in [0.15, 0.2) is 4.99 Å². The van der Waals surface area contributed by atoms with E-state index in [0.717, 1.165) is 23.1 Å². The maximum Gasteiger partial charge on any atom is 0.205 e. The zero-order chi connectivity index (χ0) is 10.4. The lowest BCUT2D eigenvalue weighted by Gasteiger charge is -2.01. The van der Waals surface area contributed by atoms with Crippen molar-refractivity contribution in [3.8, 4) is 0 Å². The van der Waals surface area contributed by atoms with Gasteiger partial charge in [0.1, 0.15) is 5.01 Å². The Labute approximate surface area is 88.5 Å². The fourth-order valence-corrected chi connectivity index (χ4v) is 1.76. The maximum atomic E-state index is 4.18. The number of aliphatic imine (C=N–C) groups is 1. The summed E-state index contributed by atoms with van der Waals surface area (Å²) in [5.74, 6) is 0.407.